The third kappa shape index (κ3) is 6.25. The Hall–Kier alpha value is -2.61. The highest BCUT2D eigenvalue weighted by Crippen LogP contribution is 2.26. The topological polar surface area (TPSA) is 83.7 Å². The van der Waals surface area contributed by atoms with Crippen molar-refractivity contribution in [2.24, 2.45) is 17.8 Å². The molecule has 2 aliphatic rings. The Labute approximate surface area is 196 Å². The number of likely N-dealkylation sites (tertiary alicyclic amines) is 1. The quantitative estimate of drug-likeness (QED) is 0.611. The van der Waals surface area contributed by atoms with Crippen LogP contribution in [0.5, 0.6) is 5.75 Å². The summed E-state index contributed by atoms with van der Waals surface area (Å²) in [5, 5.41) is 7.29. The van der Waals surface area contributed by atoms with E-state index in [1.165, 1.54) is 19.5 Å². The van der Waals surface area contributed by atoms with Gasteiger partial charge >= 0.3 is 6.01 Å². The van der Waals surface area contributed by atoms with E-state index in [2.05, 4.69) is 34.2 Å². The number of benzene rings is 1. The lowest BCUT2D eigenvalue weighted by molar-refractivity contribution is -0.125. The second-order valence-electron chi connectivity index (χ2n) is 9.76. The van der Waals surface area contributed by atoms with Gasteiger partial charge in [0.25, 0.3) is 0 Å². The first-order valence-electron chi connectivity index (χ1n) is 12.2. The van der Waals surface area contributed by atoms with Crippen molar-refractivity contribution < 1.29 is 14.1 Å². The third-order valence-electron chi connectivity index (χ3n) is 6.72. The molecule has 2 aliphatic heterocycles. The van der Waals surface area contributed by atoms with Crippen molar-refractivity contribution >= 4 is 11.9 Å². The highest BCUT2D eigenvalue weighted by atomic mass is 16.5. The molecule has 1 N–H and O–H groups in total. The van der Waals surface area contributed by atoms with E-state index < -0.39 is 0 Å². The summed E-state index contributed by atoms with van der Waals surface area (Å²) in [7, 11) is 1.64. The van der Waals surface area contributed by atoms with E-state index in [9.17, 15) is 4.79 Å². The minimum atomic E-state index is -0.0508. The molecule has 180 valence electrons. The second-order valence-corrected chi connectivity index (χ2v) is 9.76. The van der Waals surface area contributed by atoms with Crippen molar-refractivity contribution in [1.29, 1.82) is 0 Å². The van der Waals surface area contributed by atoms with Gasteiger partial charge in [-0.15, -0.1) is 0 Å². The predicted molar refractivity (Wildman–Crippen MR) is 128 cm³/mol. The molecule has 3 atom stereocenters. The molecule has 0 unspecified atom stereocenters. The zero-order valence-electron chi connectivity index (χ0n) is 20.1. The van der Waals surface area contributed by atoms with E-state index in [-0.39, 0.29) is 11.8 Å². The Balaban J connectivity index is 1.24. The summed E-state index contributed by atoms with van der Waals surface area (Å²) < 4.78 is 10.7. The molecule has 3 heterocycles. The second kappa shape index (κ2) is 11.0. The molecule has 1 aromatic heterocycles. The van der Waals surface area contributed by atoms with Crippen LogP contribution in [0.1, 0.15) is 39.5 Å². The number of methoxy groups -OCH3 is 1. The van der Waals surface area contributed by atoms with Crippen LogP contribution in [-0.2, 0) is 4.79 Å². The average molecular weight is 456 g/mol. The van der Waals surface area contributed by atoms with E-state index in [0.717, 1.165) is 62.0 Å². The summed E-state index contributed by atoms with van der Waals surface area (Å²) in [5.41, 5.74) is 0.870. The van der Waals surface area contributed by atoms with E-state index in [1.54, 1.807) is 7.11 Å². The number of piperidine rings is 2. The molecule has 0 aliphatic carbocycles. The van der Waals surface area contributed by atoms with E-state index in [1.807, 2.05) is 29.2 Å². The summed E-state index contributed by atoms with van der Waals surface area (Å²) in [4.78, 5) is 21.9. The number of anilines is 1. The lowest BCUT2D eigenvalue weighted by Crippen LogP contribution is -2.44. The van der Waals surface area contributed by atoms with Crippen LogP contribution in [0.3, 0.4) is 0 Å². The van der Waals surface area contributed by atoms with Gasteiger partial charge in [-0.2, -0.15) is 4.98 Å². The van der Waals surface area contributed by atoms with E-state index in [0.29, 0.717) is 18.4 Å². The highest BCUT2D eigenvalue weighted by molar-refractivity contribution is 5.79. The molecule has 1 aromatic carbocycles. The lowest BCUT2D eigenvalue weighted by atomic mass is 9.92. The van der Waals surface area contributed by atoms with Gasteiger partial charge < -0.3 is 24.4 Å². The first-order valence-corrected chi connectivity index (χ1v) is 12.2. The van der Waals surface area contributed by atoms with Crippen molar-refractivity contribution in [2.45, 2.75) is 39.5 Å². The van der Waals surface area contributed by atoms with Gasteiger partial charge in [-0.1, -0.05) is 19.0 Å². The fourth-order valence-corrected chi connectivity index (χ4v) is 5.20. The maximum atomic E-state index is 12.8. The van der Waals surface area contributed by atoms with Crippen molar-refractivity contribution in [1.82, 2.24) is 20.4 Å². The van der Waals surface area contributed by atoms with Gasteiger partial charge in [0, 0.05) is 38.3 Å². The largest absolute Gasteiger partial charge is 0.497 e. The minimum Gasteiger partial charge on any atom is -0.497 e. The fourth-order valence-electron chi connectivity index (χ4n) is 5.20. The first kappa shape index (κ1) is 23.5. The van der Waals surface area contributed by atoms with Gasteiger partial charge in [0.05, 0.1) is 13.0 Å². The number of nitrogens with one attached hydrogen (secondary N) is 1. The molecular formula is C25H37N5O3. The van der Waals surface area contributed by atoms with Gasteiger partial charge in [0.2, 0.25) is 11.7 Å². The Morgan fingerprint density at radius 1 is 1.18 bits per heavy atom. The minimum absolute atomic E-state index is 0.0508. The molecule has 0 spiro atoms. The van der Waals surface area contributed by atoms with E-state index >= 15 is 0 Å². The SMILES string of the molecule is COc1ccc(-c2noc(N3CCC[C@H](C(=O)NCCCN4C[C@@H](C)C[C@H](C)C4)C3)n2)cc1. The standard InChI is InChI=1S/C25H37N5O3/c1-18-14-19(2)16-29(15-18)12-5-11-26-24(31)21-6-4-13-30(17-21)25-27-23(28-33-25)20-7-9-22(32-3)10-8-20/h7-10,18-19,21H,4-6,11-17H2,1-3H3,(H,26,31)/t18-,19-,21-/m0/s1. The number of aromatic nitrogens is 2. The van der Waals surface area contributed by atoms with Gasteiger partial charge in [-0.25, -0.2) is 0 Å². The van der Waals surface area contributed by atoms with Crippen molar-refractivity contribution in [2.75, 3.05) is 51.3 Å². The molecule has 0 bridgehead atoms. The Kier molecular flexibility index (Phi) is 7.85. The molecule has 1 amide bonds. The number of hydrogen-bond donors (Lipinski definition) is 1. The van der Waals surface area contributed by atoms with Gasteiger partial charge in [-0.3, -0.25) is 4.79 Å². The average Bonchev–Trinajstić information content (AvgIpc) is 3.32. The normalized spacial score (nSPS) is 24.0. The molecule has 2 fully saturated rings. The fraction of sp³-hybridized carbons (Fsp3) is 0.640. The zero-order chi connectivity index (χ0) is 23.2. The number of amides is 1. The Morgan fingerprint density at radius 3 is 2.67 bits per heavy atom. The molecule has 2 saturated heterocycles. The van der Waals surface area contributed by atoms with Gasteiger partial charge in [0.1, 0.15) is 5.75 Å². The molecule has 8 nitrogen and oxygen atoms in total. The van der Waals surface area contributed by atoms with Crippen LogP contribution in [0.15, 0.2) is 28.8 Å². The first-order chi connectivity index (χ1) is 16.0. The van der Waals surface area contributed by atoms with Crippen molar-refractivity contribution in [3.8, 4) is 17.1 Å². The number of ether oxygens (including phenoxy) is 1. The summed E-state index contributed by atoms with van der Waals surface area (Å²) in [5.74, 6) is 2.95. The lowest BCUT2D eigenvalue weighted by Gasteiger charge is -2.35. The summed E-state index contributed by atoms with van der Waals surface area (Å²) in [6.45, 7) is 10.2. The third-order valence-corrected chi connectivity index (χ3v) is 6.72. The molecule has 33 heavy (non-hydrogen) atoms. The van der Waals surface area contributed by atoms with Crippen LogP contribution >= 0.6 is 0 Å². The van der Waals surface area contributed by atoms with Crippen LogP contribution in [0.4, 0.5) is 6.01 Å². The van der Waals surface area contributed by atoms with Crippen LogP contribution < -0.4 is 15.0 Å². The monoisotopic (exact) mass is 455 g/mol. The number of rotatable bonds is 8. The summed E-state index contributed by atoms with van der Waals surface area (Å²) in [6, 6.07) is 8.04. The molecule has 0 saturated carbocycles. The van der Waals surface area contributed by atoms with Gasteiger partial charge in [0.15, 0.2) is 0 Å². The molecule has 4 rings (SSSR count). The van der Waals surface area contributed by atoms with Crippen molar-refractivity contribution in [3.05, 3.63) is 24.3 Å². The molecule has 0 radical (unpaired) electrons. The molecule has 8 heteroatoms. The Bertz CT molecular complexity index is 890. The zero-order valence-corrected chi connectivity index (χ0v) is 20.1. The molecular weight excluding hydrogens is 418 g/mol. The number of nitrogens with zero attached hydrogens (tertiary/aromatic N) is 4. The number of carbonyl (C=O) groups is 1. The summed E-state index contributed by atoms with van der Waals surface area (Å²) >= 11 is 0. The Morgan fingerprint density at radius 2 is 1.94 bits per heavy atom. The van der Waals surface area contributed by atoms with Crippen molar-refractivity contribution in [3.63, 3.8) is 0 Å². The molecule has 2 aromatic rings. The van der Waals surface area contributed by atoms with Gasteiger partial charge in [-0.05, 0) is 68.3 Å². The van der Waals surface area contributed by atoms with Crippen LogP contribution in [0.25, 0.3) is 11.4 Å². The highest BCUT2D eigenvalue weighted by Gasteiger charge is 2.28. The smallest absolute Gasteiger partial charge is 0.324 e. The maximum Gasteiger partial charge on any atom is 0.324 e. The van der Waals surface area contributed by atoms with E-state index in [4.69, 9.17) is 9.26 Å². The van der Waals surface area contributed by atoms with Crippen LogP contribution in [-0.4, -0.2) is 67.3 Å². The maximum absolute atomic E-state index is 12.8. The summed E-state index contributed by atoms with van der Waals surface area (Å²) in [6.07, 6.45) is 4.15. The number of carbonyl (C=O) groups excluding carboxylic acids is 1. The number of hydrogen-bond acceptors (Lipinski definition) is 7. The van der Waals surface area contributed by atoms with Crippen LogP contribution in [0.2, 0.25) is 0 Å². The van der Waals surface area contributed by atoms with Crippen LogP contribution in [0, 0.1) is 17.8 Å². The predicted octanol–water partition coefficient (Wildman–Crippen LogP) is 3.45.